The van der Waals surface area contributed by atoms with Gasteiger partial charge in [-0.15, -0.1) is 0 Å². The summed E-state index contributed by atoms with van der Waals surface area (Å²) in [5, 5.41) is 0. The molecule has 2 aliphatic carbocycles. The number of nitrogens with zero attached hydrogens (tertiary/aromatic N) is 2. The monoisotopic (exact) mass is 554 g/mol. The normalized spacial score (nSPS) is 17.0. The Morgan fingerprint density at radius 2 is 0.930 bits per heavy atom. The maximum absolute atomic E-state index is 2.39. The van der Waals surface area contributed by atoms with Crippen molar-refractivity contribution in [3.8, 4) is 11.1 Å². The molecule has 0 radical (unpaired) electrons. The van der Waals surface area contributed by atoms with Crippen LogP contribution < -0.4 is 9.80 Å². The largest absolute Gasteiger partial charge is 0.311 e. The lowest BCUT2D eigenvalue weighted by atomic mass is 9.72. The molecule has 1 atom stereocenters. The zero-order valence-electron chi connectivity index (χ0n) is 24.3. The van der Waals surface area contributed by atoms with E-state index in [-0.39, 0.29) is 5.41 Å². The first-order valence-corrected chi connectivity index (χ1v) is 14.9. The Kier molecular flexibility index (Phi) is 7.10. The number of hydrogen-bond donors (Lipinski definition) is 0. The highest BCUT2D eigenvalue weighted by atomic mass is 15.2. The molecule has 0 spiro atoms. The summed E-state index contributed by atoms with van der Waals surface area (Å²) in [6.45, 7) is 2.33. The number of allylic oxidation sites excluding steroid dienone is 7. The van der Waals surface area contributed by atoms with Crippen LogP contribution in [0.3, 0.4) is 0 Å². The predicted octanol–water partition coefficient (Wildman–Crippen LogP) is 11.3. The Hall–Kier alpha value is -5.34. The van der Waals surface area contributed by atoms with Crippen LogP contribution in [0.15, 0.2) is 187 Å². The third-order valence-electron chi connectivity index (χ3n) is 8.42. The summed E-state index contributed by atoms with van der Waals surface area (Å²) in [5.74, 6) is 0. The maximum atomic E-state index is 2.39. The van der Waals surface area contributed by atoms with Crippen LogP contribution in [-0.2, 0) is 0 Å². The summed E-state index contributed by atoms with van der Waals surface area (Å²) in [7, 11) is 0. The molecule has 5 aromatic carbocycles. The van der Waals surface area contributed by atoms with E-state index in [1.807, 2.05) is 0 Å². The number of benzene rings is 5. The third-order valence-corrected chi connectivity index (χ3v) is 8.42. The minimum absolute atomic E-state index is 0.0121. The van der Waals surface area contributed by atoms with Crippen LogP contribution in [0.5, 0.6) is 0 Å². The van der Waals surface area contributed by atoms with Gasteiger partial charge in [0.2, 0.25) is 0 Å². The number of para-hydroxylation sites is 2. The van der Waals surface area contributed by atoms with Crippen molar-refractivity contribution in [2.45, 2.75) is 13.3 Å². The molecule has 0 saturated heterocycles. The highest BCUT2D eigenvalue weighted by molar-refractivity contribution is 5.81. The second-order valence-corrected chi connectivity index (χ2v) is 11.3. The molecule has 0 fully saturated rings. The lowest BCUT2D eigenvalue weighted by Gasteiger charge is -2.39. The molecule has 43 heavy (non-hydrogen) atoms. The molecule has 7 rings (SSSR count). The van der Waals surface area contributed by atoms with Crippen LogP contribution in [0.1, 0.15) is 13.3 Å². The summed E-state index contributed by atoms with van der Waals surface area (Å²) < 4.78 is 0. The first kappa shape index (κ1) is 26.6. The Morgan fingerprint density at radius 1 is 0.465 bits per heavy atom. The number of anilines is 5. The van der Waals surface area contributed by atoms with Crippen LogP contribution in [-0.4, -0.2) is 0 Å². The molecule has 208 valence electrons. The Labute approximate surface area is 254 Å². The summed E-state index contributed by atoms with van der Waals surface area (Å²) in [6.07, 6.45) is 14.5. The molecule has 2 aliphatic rings. The fraction of sp³-hybridized carbons (Fsp3) is 0.0732. The van der Waals surface area contributed by atoms with Crippen molar-refractivity contribution in [1.29, 1.82) is 0 Å². The molecule has 0 amide bonds. The molecule has 0 N–H and O–H groups in total. The molecular weight excluding hydrogens is 520 g/mol. The zero-order chi connectivity index (χ0) is 29.1. The van der Waals surface area contributed by atoms with E-state index < -0.39 is 0 Å². The topological polar surface area (TPSA) is 6.48 Å². The fourth-order valence-electron chi connectivity index (χ4n) is 6.16. The summed E-state index contributed by atoms with van der Waals surface area (Å²) in [4.78, 5) is 4.71. The summed E-state index contributed by atoms with van der Waals surface area (Å²) in [6, 6.07) is 49.6. The van der Waals surface area contributed by atoms with E-state index in [1.54, 1.807) is 0 Å². The highest BCUT2D eigenvalue weighted by Gasteiger charge is 2.33. The smallest absolute Gasteiger partial charge is 0.0502 e. The van der Waals surface area contributed by atoms with Gasteiger partial charge in [-0.05, 0) is 89.9 Å². The lowest BCUT2D eigenvalue weighted by Crippen LogP contribution is -2.28. The van der Waals surface area contributed by atoms with Gasteiger partial charge in [0.05, 0.1) is 5.70 Å². The fourth-order valence-corrected chi connectivity index (χ4v) is 6.16. The van der Waals surface area contributed by atoms with E-state index >= 15 is 0 Å². The molecule has 1 unspecified atom stereocenters. The minimum atomic E-state index is -0.0121. The van der Waals surface area contributed by atoms with Crippen LogP contribution in [0.4, 0.5) is 28.4 Å². The SMILES string of the molecule is CC12C=CC=C(N(c3ccccc3)c3ccc(N(c4ccccc4)c4ccc(-c5ccccc5)cc4)cc3)C1=CC=CC2. The van der Waals surface area contributed by atoms with Crippen molar-refractivity contribution in [1.82, 2.24) is 0 Å². The minimum Gasteiger partial charge on any atom is -0.311 e. The third kappa shape index (κ3) is 5.24. The molecule has 0 bridgehead atoms. The Morgan fingerprint density at radius 3 is 1.53 bits per heavy atom. The van der Waals surface area contributed by atoms with Gasteiger partial charge in [-0.2, -0.15) is 0 Å². The molecule has 0 heterocycles. The van der Waals surface area contributed by atoms with Gasteiger partial charge in [0.15, 0.2) is 0 Å². The summed E-state index contributed by atoms with van der Waals surface area (Å²) >= 11 is 0. The number of rotatable bonds is 7. The molecule has 0 aromatic heterocycles. The van der Waals surface area contributed by atoms with Crippen molar-refractivity contribution < 1.29 is 0 Å². The predicted molar refractivity (Wildman–Crippen MR) is 182 cm³/mol. The average Bonchev–Trinajstić information content (AvgIpc) is 3.07. The Balaban J connectivity index is 1.28. The van der Waals surface area contributed by atoms with Gasteiger partial charge >= 0.3 is 0 Å². The van der Waals surface area contributed by atoms with Gasteiger partial charge in [0.1, 0.15) is 0 Å². The molecule has 2 nitrogen and oxygen atoms in total. The van der Waals surface area contributed by atoms with Crippen molar-refractivity contribution in [3.05, 3.63) is 187 Å². The first-order chi connectivity index (χ1) is 21.2. The molecule has 2 heteroatoms. The second-order valence-electron chi connectivity index (χ2n) is 11.3. The van der Waals surface area contributed by atoms with Crippen molar-refractivity contribution >= 4 is 28.4 Å². The van der Waals surface area contributed by atoms with E-state index in [2.05, 4.69) is 193 Å². The average molecular weight is 555 g/mol. The van der Waals surface area contributed by atoms with Gasteiger partial charge < -0.3 is 9.80 Å². The van der Waals surface area contributed by atoms with E-state index in [1.165, 1.54) is 22.4 Å². The van der Waals surface area contributed by atoms with Crippen LogP contribution in [0.2, 0.25) is 0 Å². The van der Waals surface area contributed by atoms with Gasteiger partial charge in [-0.25, -0.2) is 0 Å². The van der Waals surface area contributed by atoms with Crippen LogP contribution in [0, 0.1) is 5.41 Å². The van der Waals surface area contributed by atoms with Crippen molar-refractivity contribution in [2.24, 2.45) is 5.41 Å². The molecule has 0 saturated carbocycles. The first-order valence-electron chi connectivity index (χ1n) is 14.9. The van der Waals surface area contributed by atoms with Crippen LogP contribution in [0.25, 0.3) is 11.1 Å². The molecular formula is C41H34N2. The van der Waals surface area contributed by atoms with Crippen molar-refractivity contribution in [3.63, 3.8) is 0 Å². The lowest BCUT2D eigenvalue weighted by molar-refractivity contribution is 0.517. The van der Waals surface area contributed by atoms with E-state index in [9.17, 15) is 0 Å². The van der Waals surface area contributed by atoms with Gasteiger partial charge in [0.25, 0.3) is 0 Å². The van der Waals surface area contributed by atoms with E-state index in [0.717, 1.165) is 34.9 Å². The molecule has 5 aromatic rings. The number of fused-ring (bicyclic) bond motifs is 1. The standard InChI is InChI=1S/C41H34N2/c1-41-30-12-11-20-39(41)40(21-13-31-41)43(35-18-9-4-10-19-35)38-28-26-37(27-29-38)42(34-16-7-3-8-17-34)36-24-22-33(23-25-36)32-14-5-2-6-15-32/h2-29,31H,30H2,1H3. The Bertz CT molecular complexity index is 1810. The van der Waals surface area contributed by atoms with Gasteiger partial charge in [-0.1, -0.05) is 116 Å². The highest BCUT2D eigenvalue weighted by Crippen LogP contribution is 2.47. The van der Waals surface area contributed by atoms with Crippen LogP contribution >= 0.6 is 0 Å². The second kappa shape index (κ2) is 11.5. The van der Waals surface area contributed by atoms with Gasteiger partial charge in [-0.3, -0.25) is 0 Å². The van der Waals surface area contributed by atoms with Crippen molar-refractivity contribution in [2.75, 3.05) is 9.80 Å². The molecule has 0 aliphatic heterocycles. The van der Waals surface area contributed by atoms with E-state index in [0.29, 0.717) is 0 Å². The maximum Gasteiger partial charge on any atom is 0.0502 e. The number of hydrogen-bond acceptors (Lipinski definition) is 2. The van der Waals surface area contributed by atoms with Gasteiger partial charge in [0, 0.05) is 33.9 Å². The quantitative estimate of drug-likeness (QED) is 0.197. The summed E-state index contributed by atoms with van der Waals surface area (Å²) in [5.41, 5.74) is 10.6. The van der Waals surface area contributed by atoms with E-state index in [4.69, 9.17) is 0 Å². The zero-order valence-corrected chi connectivity index (χ0v) is 24.3.